The Morgan fingerprint density at radius 2 is 1.95 bits per heavy atom. The Kier molecular flexibility index (Phi) is 6.67. The van der Waals surface area contributed by atoms with Crippen LogP contribution >= 0.6 is 0 Å². The van der Waals surface area contributed by atoms with E-state index in [9.17, 15) is 0 Å². The summed E-state index contributed by atoms with van der Waals surface area (Å²) in [6.45, 7) is 14.7. The van der Waals surface area contributed by atoms with Crippen LogP contribution in [0.15, 0.2) is 18.3 Å². The van der Waals surface area contributed by atoms with E-state index in [1.54, 1.807) is 0 Å². The molecule has 20 heavy (non-hydrogen) atoms. The summed E-state index contributed by atoms with van der Waals surface area (Å²) < 4.78 is 0. The molecule has 0 saturated heterocycles. The van der Waals surface area contributed by atoms with Crippen molar-refractivity contribution in [3.8, 4) is 0 Å². The maximum Gasteiger partial charge on any atom is 0.0372 e. The Hall–Kier alpha value is -0.890. The van der Waals surface area contributed by atoms with Crippen LogP contribution in [0.25, 0.3) is 0 Å². The predicted octanol–water partition coefficient (Wildman–Crippen LogP) is 4.89. The lowest BCUT2D eigenvalue weighted by atomic mass is 9.82. The molecule has 2 atom stereocenters. The van der Waals surface area contributed by atoms with Crippen molar-refractivity contribution in [2.24, 2.45) is 11.3 Å². The molecule has 0 bridgehead atoms. The van der Waals surface area contributed by atoms with Crippen molar-refractivity contribution in [2.45, 2.75) is 66.8 Å². The van der Waals surface area contributed by atoms with Crippen molar-refractivity contribution in [3.63, 3.8) is 0 Å². The third-order valence-corrected chi connectivity index (χ3v) is 3.58. The molecule has 1 heterocycles. The minimum absolute atomic E-state index is 0.403. The summed E-state index contributed by atoms with van der Waals surface area (Å²) in [7, 11) is 0. The van der Waals surface area contributed by atoms with E-state index in [-0.39, 0.29) is 0 Å². The molecule has 0 fully saturated rings. The van der Waals surface area contributed by atoms with Gasteiger partial charge in [0.1, 0.15) is 0 Å². The first-order chi connectivity index (χ1) is 9.31. The van der Waals surface area contributed by atoms with E-state index in [4.69, 9.17) is 0 Å². The lowest BCUT2D eigenvalue weighted by Gasteiger charge is -2.27. The molecule has 0 saturated carbocycles. The van der Waals surface area contributed by atoms with Crippen LogP contribution in [0.4, 0.5) is 0 Å². The number of nitrogens with one attached hydrogen (secondary N) is 1. The second kappa shape index (κ2) is 7.78. The fourth-order valence-corrected chi connectivity index (χ4v) is 2.87. The van der Waals surface area contributed by atoms with Crippen LogP contribution in [0.2, 0.25) is 0 Å². The standard InChI is InChI=1S/C18H32N2/c1-7-10-19-17(11-14(2)12-18(4,5)6)16-9-8-15(3)20-13-16/h8-9,13-14,17,19H,7,10-12H2,1-6H3. The van der Waals surface area contributed by atoms with Gasteiger partial charge in [-0.05, 0) is 55.7 Å². The summed E-state index contributed by atoms with van der Waals surface area (Å²) >= 11 is 0. The highest BCUT2D eigenvalue weighted by molar-refractivity contribution is 5.17. The summed E-state index contributed by atoms with van der Waals surface area (Å²) in [4.78, 5) is 4.45. The smallest absolute Gasteiger partial charge is 0.0372 e. The van der Waals surface area contributed by atoms with Crippen molar-refractivity contribution in [1.82, 2.24) is 10.3 Å². The van der Waals surface area contributed by atoms with Gasteiger partial charge < -0.3 is 5.32 Å². The highest BCUT2D eigenvalue weighted by Gasteiger charge is 2.20. The van der Waals surface area contributed by atoms with Crippen LogP contribution in [0.1, 0.15) is 71.2 Å². The highest BCUT2D eigenvalue weighted by Crippen LogP contribution is 2.30. The third kappa shape index (κ3) is 6.51. The largest absolute Gasteiger partial charge is 0.310 e. The summed E-state index contributed by atoms with van der Waals surface area (Å²) in [5, 5.41) is 3.68. The average Bonchev–Trinajstić information content (AvgIpc) is 2.33. The third-order valence-electron chi connectivity index (χ3n) is 3.58. The molecule has 0 amide bonds. The number of hydrogen-bond donors (Lipinski definition) is 1. The zero-order valence-electron chi connectivity index (χ0n) is 14.2. The Morgan fingerprint density at radius 3 is 2.45 bits per heavy atom. The van der Waals surface area contributed by atoms with Crippen molar-refractivity contribution in [1.29, 1.82) is 0 Å². The molecule has 1 aromatic rings. The van der Waals surface area contributed by atoms with E-state index in [1.807, 2.05) is 13.1 Å². The fourth-order valence-electron chi connectivity index (χ4n) is 2.87. The van der Waals surface area contributed by atoms with E-state index >= 15 is 0 Å². The molecule has 1 aromatic heterocycles. The van der Waals surface area contributed by atoms with Crippen molar-refractivity contribution >= 4 is 0 Å². The molecule has 0 aliphatic heterocycles. The van der Waals surface area contributed by atoms with E-state index in [1.165, 1.54) is 24.8 Å². The van der Waals surface area contributed by atoms with Gasteiger partial charge in [-0.25, -0.2) is 0 Å². The van der Waals surface area contributed by atoms with Gasteiger partial charge in [-0.1, -0.05) is 40.7 Å². The van der Waals surface area contributed by atoms with Crippen LogP contribution < -0.4 is 5.32 Å². The van der Waals surface area contributed by atoms with Gasteiger partial charge in [-0.3, -0.25) is 4.98 Å². The second-order valence-electron chi connectivity index (χ2n) is 7.35. The number of aromatic nitrogens is 1. The van der Waals surface area contributed by atoms with Crippen LogP contribution in [0.3, 0.4) is 0 Å². The first kappa shape index (κ1) is 17.2. The zero-order chi connectivity index (χ0) is 15.2. The number of hydrogen-bond acceptors (Lipinski definition) is 2. The summed E-state index contributed by atoms with van der Waals surface area (Å²) in [5.74, 6) is 0.714. The van der Waals surface area contributed by atoms with Crippen LogP contribution in [-0.2, 0) is 0 Å². The second-order valence-corrected chi connectivity index (χ2v) is 7.35. The zero-order valence-corrected chi connectivity index (χ0v) is 14.2. The molecule has 1 rings (SSSR count). The van der Waals surface area contributed by atoms with Gasteiger partial charge in [0, 0.05) is 17.9 Å². The lowest BCUT2D eigenvalue weighted by molar-refractivity contribution is 0.275. The normalized spacial score (nSPS) is 15.1. The Balaban J connectivity index is 2.71. The predicted molar refractivity (Wildman–Crippen MR) is 87.9 cm³/mol. The molecule has 1 N–H and O–H groups in total. The van der Waals surface area contributed by atoms with Gasteiger partial charge >= 0.3 is 0 Å². The highest BCUT2D eigenvalue weighted by atomic mass is 14.9. The minimum atomic E-state index is 0.403. The molecule has 2 unspecified atom stereocenters. The first-order valence-corrected chi connectivity index (χ1v) is 7.97. The molecule has 2 nitrogen and oxygen atoms in total. The van der Waals surface area contributed by atoms with Crippen molar-refractivity contribution in [2.75, 3.05) is 6.54 Å². The van der Waals surface area contributed by atoms with Gasteiger partial charge in [0.15, 0.2) is 0 Å². The van der Waals surface area contributed by atoms with E-state index in [0.29, 0.717) is 17.4 Å². The fraction of sp³-hybridized carbons (Fsp3) is 0.722. The monoisotopic (exact) mass is 276 g/mol. The van der Waals surface area contributed by atoms with Crippen LogP contribution in [-0.4, -0.2) is 11.5 Å². The molecule has 0 radical (unpaired) electrons. The van der Waals surface area contributed by atoms with Crippen LogP contribution in [0.5, 0.6) is 0 Å². The number of rotatable bonds is 7. The van der Waals surface area contributed by atoms with E-state index in [2.05, 4.69) is 57.1 Å². The molecule has 0 aliphatic rings. The van der Waals surface area contributed by atoms with Gasteiger partial charge in [0.2, 0.25) is 0 Å². The number of aryl methyl sites for hydroxylation is 1. The maximum absolute atomic E-state index is 4.45. The van der Waals surface area contributed by atoms with Crippen molar-refractivity contribution < 1.29 is 0 Å². The topological polar surface area (TPSA) is 24.9 Å². The van der Waals surface area contributed by atoms with E-state index < -0.39 is 0 Å². The Labute approximate surface area is 125 Å². The number of nitrogens with zero attached hydrogens (tertiary/aromatic N) is 1. The number of pyridine rings is 1. The average molecular weight is 276 g/mol. The van der Waals surface area contributed by atoms with E-state index in [0.717, 1.165) is 12.2 Å². The molecular formula is C18H32N2. The first-order valence-electron chi connectivity index (χ1n) is 7.97. The molecule has 0 aliphatic carbocycles. The summed E-state index contributed by atoms with van der Waals surface area (Å²) in [6.07, 6.45) is 5.65. The molecule has 0 aromatic carbocycles. The summed E-state index contributed by atoms with van der Waals surface area (Å²) in [5.41, 5.74) is 2.82. The van der Waals surface area contributed by atoms with Crippen LogP contribution in [0, 0.1) is 18.3 Å². The SMILES string of the molecule is CCCNC(CC(C)CC(C)(C)C)c1ccc(C)nc1. The molecule has 0 spiro atoms. The molecule has 114 valence electrons. The Morgan fingerprint density at radius 1 is 1.25 bits per heavy atom. The van der Waals surface area contributed by atoms with Gasteiger partial charge in [-0.2, -0.15) is 0 Å². The Bertz CT molecular complexity index is 375. The van der Waals surface area contributed by atoms with Gasteiger partial charge in [0.25, 0.3) is 0 Å². The van der Waals surface area contributed by atoms with Crippen molar-refractivity contribution in [3.05, 3.63) is 29.6 Å². The van der Waals surface area contributed by atoms with Gasteiger partial charge in [-0.15, -0.1) is 0 Å². The van der Waals surface area contributed by atoms with Gasteiger partial charge in [0.05, 0.1) is 0 Å². The molecular weight excluding hydrogens is 244 g/mol. The maximum atomic E-state index is 4.45. The minimum Gasteiger partial charge on any atom is -0.310 e. The molecule has 2 heteroatoms. The quantitative estimate of drug-likeness (QED) is 0.766. The lowest BCUT2D eigenvalue weighted by Crippen LogP contribution is -2.25. The summed E-state index contributed by atoms with van der Waals surface area (Å²) in [6, 6.07) is 4.77.